The van der Waals surface area contributed by atoms with E-state index in [4.69, 9.17) is 0 Å². The number of carboxylic acid groups (broad SMARTS) is 1. The van der Waals surface area contributed by atoms with Crippen LogP contribution in [0.25, 0.3) is 0 Å². The fourth-order valence-corrected chi connectivity index (χ4v) is 3.90. The summed E-state index contributed by atoms with van der Waals surface area (Å²) in [4.78, 5) is 15.7. The van der Waals surface area contributed by atoms with Gasteiger partial charge in [0.05, 0.1) is 0 Å². The predicted octanol–water partition coefficient (Wildman–Crippen LogP) is 2.08. The fourth-order valence-electron chi connectivity index (χ4n) is 1.97. The molecule has 17 heavy (non-hydrogen) atoms. The van der Waals surface area contributed by atoms with Gasteiger partial charge >= 0.3 is 5.97 Å². The van der Waals surface area contributed by atoms with E-state index in [2.05, 4.69) is 10.3 Å². The van der Waals surface area contributed by atoms with Crippen molar-refractivity contribution in [3.8, 4) is 0 Å². The van der Waals surface area contributed by atoms with Crippen LogP contribution in [0.1, 0.15) is 19.8 Å². The molecule has 0 aliphatic heterocycles. The number of aromatic nitrogens is 1. The van der Waals surface area contributed by atoms with Gasteiger partial charge in [0.2, 0.25) is 0 Å². The Bertz CT molecular complexity index is 379. The molecule has 1 heterocycles. The molecule has 0 spiro atoms. The second kappa shape index (κ2) is 5.37. The number of carbonyl (C=O) groups is 1. The summed E-state index contributed by atoms with van der Waals surface area (Å²) in [6.45, 7) is 2.63. The van der Waals surface area contributed by atoms with Gasteiger partial charge in [-0.25, -0.2) is 4.98 Å². The summed E-state index contributed by atoms with van der Waals surface area (Å²) >= 11 is 3.09. The van der Waals surface area contributed by atoms with Crippen molar-refractivity contribution in [2.75, 3.05) is 12.3 Å². The number of nitrogens with zero attached hydrogens (tertiary/aromatic N) is 1. The van der Waals surface area contributed by atoms with E-state index in [1.165, 1.54) is 11.8 Å². The van der Waals surface area contributed by atoms with Crippen LogP contribution in [0.2, 0.25) is 0 Å². The summed E-state index contributed by atoms with van der Waals surface area (Å²) in [6, 6.07) is 0. The van der Waals surface area contributed by atoms with E-state index in [1.54, 1.807) is 17.5 Å². The monoisotopic (exact) mass is 272 g/mol. The summed E-state index contributed by atoms with van der Waals surface area (Å²) in [5.41, 5.74) is -0.773. The van der Waals surface area contributed by atoms with Crippen molar-refractivity contribution < 1.29 is 9.90 Å². The molecular formula is C11H16N2O2S2. The minimum Gasteiger partial charge on any atom is -0.480 e. The summed E-state index contributed by atoms with van der Waals surface area (Å²) in [6.07, 6.45) is 3.77. The molecule has 1 aromatic rings. The lowest BCUT2D eigenvalue weighted by Gasteiger charge is -2.29. The van der Waals surface area contributed by atoms with Crippen molar-refractivity contribution in [3.63, 3.8) is 0 Å². The van der Waals surface area contributed by atoms with Crippen LogP contribution in [0.4, 0.5) is 0 Å². The Morgan fingerprint density at radius 1 is 1.76 bits per heavy atom. The van der Waals surface area contributed by atoms with E-state index < -0.39 is 11.5 Å². The van der Waals surface area contributed by atoms with Gasteiger partial charge in [-0.05, 0) is 25.3 Å². The predicted molar refractivity (Wildman–Crippen MR) is 69.6 cm³/mol. The maximum absolute atomic E-state index is 11.6. The third-order valence-corrected chi connectivity index (χ3v) is 5.14. The van der Waals surface area contributed by atoms with Crippen molar-refractivity contribution >= 4 is 29.1 Å². The number of thioether (sulfide) groups is 1. The molecule has 94 valence electrons. The average molecular weight is 272 g/mol. The molecule has 0 saturated heterocycles. The molecule has 1 aliphatic carbocycles. The molecule has 0 radical (unpaired) electrons. The van der Waals surface area contributed by atoms with Gasteiger partial charge in [-0.3, -0.25) is 4.79 Å². The number of carboxylic acids is 1. The third-order valence-electron chi connectivity index (χ3n) is 2.98. The summed E-state index contributed by atoms with van der Waals surface area (Å²) in [5.74, 6) is 0.0901. The minimum atomic E-state index is -0.773. The highest BCUT2D eigenvalue weighted by Crippen LogP contribution is 2.42. The maximum Gasteiger partial charge on any atom is 0.325 e. The number of likely N-dealkylation sites (N-methyl/N-ethyl adjacent to an activating group) is 1. The first-order valence-electron chi connectivity index (χ1n) is 5.69. The Morgan fingerprint density at radius 3 is 3.00 bits per heavy atom. The zero-order chi connectivity index (χ0) is 12.3. The molecule has 2 rings (SSSR count). The number of aliphatic carboxylic acids is 1. The van der Waals surface area contributed by atoms with E-state index in [1.807, 2.05) is 12.3 Å². The molecule has 6 heteroatoms. The summed E-state index contributed by atoms with van der Waals surface area (Å²) in [7, 11) is 0. The first kappa shape index (κ1) is 12.9. The lowest BCUT2D eigenvalue weighted by Crippen LogP contribution is -2.56. The third kappa shape index (κ3) is 2.81. The van der Waals surface area contributed by atoms with Gasteiger partial charge in [0.15, 0.2) is 0 Å². The van der Waals surface area contributed by atoms with Crippen LogP contribution >= 0.6 is 23.1 Å². The topological polar surface area (TPSA) is 62.2 Å². The second-order valence-electron chi connectivity index (χ2n) is 4.17. The van der Waals surface area contributed by atoms with Crippen LogP contribution in [-0.4, -0.2) is 33.9 Å². The van der Waals surface area contributed by atoms with E-state index in [0.717, 1.165) is 17.2 Å². The maximum atomic E-state index is 11.6. The molecule has 1 aromatic heterocycles. The second-order valence-corrected chi connectivity index (χ2v) is 6.28. The number of hydrogen-bond donors (Lipinski definition) is 2. The highest BCUT2D eigenvalue weighted by atomic mass is 32.2. The van der Waals surface area contributed by atoms with Gasteiger partial charge in [-0.2, -0.15) is 0 Å². The van der Waals surface area contributed by atoms with Gasteiger partial charge in [0.25, 0.3) is 0 Å². The molecule has 0 amide bonds. The Kier molecular flexibility index (Phi) is 4.06. The first-order chi connectivity index (χ1) is 8.19. The molecule has 1 fully saturated rings. The van der Waals surface area contributed by atoms with Crippen LogP contribution < -0.4 is 5.32 Å². The van der Waals surface area contributed by atoms with Crippen LogP contribution in [0, 0.1) is 5.92 Å². The molecule has 2 N–H and O–H groups in total. The highest BCUT2D eigenvalue weighted by molar-refractivity contribution is 8.01. The van der Waals surface area contributed by atoms with Crippen LogP contribution in [0.5, 0.6) is 0 Å². The van der Waals surface area contributed by atoms with Crippen molar-refractivity contribution in [3.05, 3.63) is 11.6 Å². The van der Waals surface area contributed by atoms with Crippen molar-refractivity contribution in [2.24, 2.45) is 5.92 Å². The Morgan fingerprint density at radius 2 is 2.53 bits per heavy atom. The SMILES string of the molecule is CCNC(CSc1nccs1)(C(=O)O)C1CC1. The zero-order valence-electron chi connectivity index (χ0n) is 9.68. The molecule has 1 saturated carbocycles. The minimum absolute atomic E-state index is 0.271. The van der Waals surface area contributed by atoms with Crippen molar-refractivity contribution in [2.45, 2.75) is 29.6 Å². The molecule has 1 aliphatic rings. The molecule has 1 atom stereocenters. The van der Waals surface area contributed by atoms with Crippen molar-refractivity contribution in [1.82, 2.24) is 10.3 Å². The number of hydrogen-bond acceptors (Lipinski definition) is 5. The normalized spacial score (nSPS) is 18.9. The lowest BCUT2D eigenvalue weighted by molar-refractivity contribution is -0.144. The smallest absolute Gasteiger partial charge is 0.325 e. The molecule has 1 unspecified atom stereocenters. The number of nitrogens with one attached hydrogen (secondary N) is 1. The van der Waals surface area contributed by atoms with E-state index in [9.17, 15) is 9.90 Å². The molecule has 0 bridgehead atoms. The fraction of sp³-hybridized carbons (Fsp3) is 0.636. The first-order valence-corrected chi connectivity index (χ1v) is 7.56. The Hall–Kier alpha value is -0.590. The van der Waals surface area contributed by atoms with Crippen LogP contribution in [0.3, 0.4) is 0 Å². The van der Waals surface area contributed by atoms with Gasteiger partial charge < -0.3 is 10.4 Å². The van der Waals surface area contributed by atoms with Gasteiger partial charge in [-0.15, -0.1) is 11.3 Å². The summed E-state index contributed by atoms with van der Waals surface area (Å²) < 4.78 is 0.939. The van der Waals surface area contributed by atoms with Gasteiger partial charge in [0.1, 0.15) is 9.88 Å². The van der Waals surface area contributed by atoms with E-state index >= 15 is 0 Å². The van der Waals surface area contributed by atoms with Crippen molar-refractivity contribution in [1.29, 1.82) is 0 Å². The largest absolute Gasteiger partial charge is 0.480 e. The van der Waals surface area contributed by atoms with Crippen LogP contribution in [0.15, 0.2) is 15.9 Å². The molecule has 0 aromatic carbocycles. The summed E-state index contributed by atoms with van der Waals surface area (Å²) in [5, 5.41) is 14.6. The zero-order valence-corrected chi connectivity index (χ0v) is 11.3. The molecule has 4 nitrogen and oxygen atoms in total. The number of thiazole rings is 1. The highest BCUT2D eigenvalue weighted by Gasteiger charge is 2.50. The van der Waals surface area contributed by atoms with Gasteiger partial charge in [0, 0.05) is 17.3 Å². The van der Waals surface area contributed by atoms with Crippen LogP contribution in [-0.2, 0) is 4.79 Å². The van der Waals surface area contributed by atoms with E-state index in [-0.39, 0.29) is 5.92 Å². The Balaban J connectivity index is 2.06. The standard InChI is InChI=1S/C11H16N2O2S2/c1-2-13-11(9(14)15,8-3-4-8)7-17-10-12-5-6-16-10/h5-6,8,13H,2-4,7H2,1H3,(H,14,15). The number of rotatable bonds is 7. The lowest BCUT2D eigenvalue weighted by atomic mass is 9.96. The average Bonchev–Trinajstić information content (AvgIpc) is 3.02. The van der Waals surface area contributed by atoms with Gasteiger partial charge in [-0.1, -0.05) is 18.7 Å². The Labute approximate surface area is 109 Å². The molecular weight excluding hydrogens is 256 g/mol. The quantitative estimate of drug-likeness (QED) is 0.744. The van der Waals surface area contributed by atoms with E-state index in [0.29, 0.717) is 12.3 Å².